The van der Waals surface area contributed by atoms with Crippen molar-refractivity contribution in [3.63, 3.8) is 0 Å². The highest BCUT2D eigenvalue weighted by atomic mass is 127. The Morgan fingerprint density at radius 1 is 1.05 bits per heavy atom. The summed E-state index contributed by atoms with van der Waals surface area (Å²) in [5.74, 6) is -1.54. The van der Waals surface area contributed by atoms with Crippen LogP contribution in [-0.4, -0.2) is 6.54 Å². The SMILES string of the molecule is CCNC(c1ccccc1I)c1ccc(C)c(F)c1F. The third-order valence-electron chi connectivity index (χ3n) is 3.24. The highest BCUT2D eigenvalue weighted by molar-refractivity contribution is 14.1. The monoisotopic (exact) mass is 387 g/mol. The number of halogens is 3. The van der Waals surface area contributed by atoms with Crippen molar-refractivity contribution in [2.45, 2.75) is 19.9 Å². The predicted molar refractivity (Wildman–Crippen MR) is 85.8 cm³/mol. The zero-order valence-corrected chi connectivity index (χ0v) is 13.5. The zero-order chi connectivity index (χ0) is 14.7. The Labute approximate surface area is 131 Å². The molecule has 2 aromatic carbocycles. The minimum Gasteiger partial charge on any atom is -0.306 e. The first-order valence-corrected chi connectivity index (χ1v) is 7.56. The van der Waals surface area contributed by atoms with E-state index in [1.165, 1.54) is 0 Å². The molecule has 0 bridgehead atoms. The molecular weight excluding hydrogens is 371 g/mol. The van der Waals surface area contributed by atoms with E-state index in [4.69, 9.17) is 0 Å². The summed E-state index contributed by atoms with van der Waals surface area (Å²) in [7, 11) is 0. The topological polar surface area (TPSA) is 12.0 Å². The van der Waals surface area contributed by atoms with E-state index in [-0.39, 0.29) is 6.04 Å². The molecule has 106 valence electrons. The number of rotatable bonds is 4. The molecule has 0 aromatic heterocycles. The van der Waals surface area contributed by atoms with Crippen molar-refractivity contribution in [2.24, 2.45) is 0 Å². The van der Waals surface area contributed by atoms with Gasteiger partial charge in [-0.25, -0.2) is 8.78 Å². The van der Waals surface area contributed by atoms with E-state index in [1.54, 1.807) is 19.1 Å². The molecule has 0 aliphatic carbocycles. The fourth-order valence-corrected chi connectivity index (χ4v) is 2.88. The Bertz CT molecular complexity index is 613. The molecule has 1 N–H and O–H groups in total. The first-order chi connectivity index (χ1) is 9.56. The Balaban J connectivity index is 2.55. The maximum atomic E-state index is 14.2. The van der Waals surface area contributed by atoms with Crippen LogP contribution in [0.15, 0.2) is 36.4 Å². The summed E-state index contributed by atoms with van der Waals surface area (Å²) < 4.78 is 29.1. The van der Waals surface area contributed by atoms with Crippen LogP contribution in [0.25, 0.3) is 0 Å². The minimum absolute atomic E-state index is 0.323. The van der Waals surface area contributed by atoms with Crippen LogP contribution < -0.4 is 5.32 Å². The van der Waals surface area contributed by atoms with Crippen molar-refractivity contribution in [1.29, 1.82) is 0 Å². The van der Waals surface area contributed by atoms with Crippen LogP contribution in [0.3, 0.4) is 0 Å². The van der Waals surface area contributed by atoms with Gasteiger partial charge in [0.15, 0.2) is 11.6 Å². The van der Waals surface area contributed by atoms with Gasteiger partial charge in [-0.05, 0) is 53.3 Å². The van der Waals surface area contributed by atoms with Gasteiger partial charge in [-0.15, -0.1) is 0 Å². The van der Waals surface area contributed by atoms with Crippen molar-refractivity contribution in [3.05, 3.63) is 68.3 Å². The minimum atomic E-state index is -0.768. The van der Waals surface area contributed by atoms with Crippen LogP contribution >= 0.6 is 22.6 Å². The van der Waals surface area contributed by atoms with Crippen LogP contribution in [0.5, 0.6) is 0 Å². The molecule has 0 fully saturated rings. The average Bonchev–Trinajstić information content (AvgIpc) is 2.44. The van der Waals surface area contributed by atoms with E-state index in [1.807, 2.05) is 31.2 Å². The third-order valence-corrected chi connectivity index (χ3v) is 4.22. The molecule has 2 aromatic rings. The molecule has 4 heteroatoms. The van der Waals surface area contributed by atoms with Crippen molar-refractivity contribution < 1.29 is 8.78 Å². The molecule has 2 rings (SSSR count). The summed E-state index contributed by atoms with van der Waals surface area (Å²) in [5, 5.41) is 3.23. The Hall–Kier alpha value is -1.01. The van der Waals surface area contributed by atoms with Gasteiger partial charge < -0.3 is 5.32 Å². The lowest BCUT2D eigenvalue weighted by molar-refractivity contribution is 0.478. The third kappa shape index (κ3) is 3.01. The van der Waals surface area contributed by atoms with Crippen LogP contribution in [0.4, 0.5) is 8.78 Å². The highest BCUT2D eigenvalue weighted by Gasteiger charge is 2.21. The molecule has 20 heavy (non-hydrogen) atoms. The molecule has 0 aliphatic heterocycles. The van der Waals surface area contributed by atoms with Crippen molar-refractivity contribution >= 4 is 22.6 Å². The summed E-state index contributed by atoms with van der Waals surface area (Å²) in [6, 6.07) is 10.7. The first-order valence-electron chi connectivity index (χ1n) is 6.48. The van der Waals surface area contributed by atoms with E-state index in [2.05, 4.69) is 27.9 Å². The fraction of sp³-hybridized carbons (Fsp3) is 0.250. The maximum absolute atomic E-state index is 14.2. The standard InChI is InChI=1S/C16H16F2IN/c1-3-20-16(11-6-4-5-7-13(11)19)12-9-8-10(2)14(17)15(12)18/h4-9,16,20H,3H2,1-2H3. The number of benzene rings is 2. The lowest BCUT2D eigenvalue weighted by atomic mass is 9.97. The Morgan fingerprint density at radius 3 is 2.40 bits per heavy atom. The summed E-state index contributed by atoms with van der Waals surface area (Å²) in [6.45, 7) is 4.19. The van der Waals surface area contributed by atoms with E-state index in [0.29, 0.717) is 17.7 Å². The Morgan fingerprint density at radius 2 is 1.75 bits per heavy atom. The first kappa shape index (κ1) is 15.4. The zero-order valence-electron chi connectivity index (χ0n) is 11.4. The maximum Gasteiger partial charge on any atom is 0.164 e. The second-order valence-electron chi connectivity index (χ2n) is 4.61. The van der Waals surface area contributed by atoms with Gasteiger partial charge >= 0.3 is 0 Å². The van der Waals surface area contributed by atoms with Crippen molar-refractivity contribution in [2.75, 3.05) is 6.54 Å². The van der Waals surface area contributed by atoms with E-state index in [0.717, 1.165) is 9.13 Å². The molecule has 1 atom stereocenters. The average molecular weight is 387 g/mol. The second kappa shape index (κ2) is 6.63. The van der Waals surface area contributed by atoms with E-state index < -0.39 is 11.6 Å². The molecule has 0 spiro atoms. The highest BCUT2D eigenvalue weighted by Crippen LogP contribution is 2.29. The fourth-order valence-electron chi connectivity index (χ4n) is 2.18. The summed E-state index contributed by atoms with van der Waals surface area (Å²) in [4.78, 5) is 0. The molecule has 1 nitrogen and oxygen atoms in total. The number of aryl methyl sites for hydroxylation is 1. The van der Waals surface area contributed by atoms with Crippen molar-refractivity contribution in [1.82, 2.24) is 5.32 Å². The molecule has 0 saturated carbocycles. The Kier molecular flexibility index (Phi) is 5.10. The van der Waals surface area contributed by atoms with Crippen LogP contribution in [-0.2, 0) is 0 Å². The van der Waals surface area contributed by atoms with Gasteiger partial charge in [0.25, 0.3) is 0 Å². The molecule has 0 heterocycles. The van der Waals surface area contributed by atoms with E-state index >= 15 is 0 Å². The molecular formula is C16H16F2IN. The molecule has 0 radical (unpaired) electrons. The summed E-state index contributed by atoms with van der Waals surface area (Å²) in [5.41, 5.74) is 1.63. The number of hydrogen-bond donors (Lipinski definition) is 1. The van der Waals surface area contributed by atoms with Gasteiger partial charge in [0.1, 0.15) is 0 Å². The number of nitrogens with one attached hydrogen (secondary N) is 1. The second-order valence-corrected chi connectivity index (χ2v) is 5.77. The van der Waals surface area contributed by atoms with Gasteiger partial charge in [0.05, 0.1) is 6.04 Å². The largest absolute Gasteiger partial charge is 0.306 e. The normalized spacial score (nSPS) is 12.4. The van der Waals surface area contributed by atoms with Gasteiger partial charge in [0.2, 0.25) is 0 Å². The van der Waals surface area contributed by atoms with Crippen LogP contribution in [0, 0.1) is 22.1 Å². The lowest BCUT2D eigenvalue weighted by Gasteiger charge is -2.21. The van der Waals surface area contributed by atoms with Gasteiger partial charge in [-0.2, -0.15) is 0 Å². The molecule has 0 saturated heterocycles. The van der Waals surface area contributed by atoms with Gasteiger partial charge in [-0.1, -0.05) is 37.3 Å². The smallest absolute Gasteiger partial charge is 0.164 e. The van der Waals surface area contributed by atoms with E-state index in [9.17, 15) is 8.78 Å². The van der Waals surface area contributed by atoms with Crippen LogP contribution in [0.1, 0.15) is 29.7 Å². The quantitative estimate of drug-likeness (QED) is 0.758. The molecule has 0 amide bonds. The predicted octanol–water partition coefficient (Wildman–Crippen LogP) is 4.58. The lowest BCUT2D eigenvalue weighted by Crippen LogP contribution is -2.24. The van der Waals surface area contributed by atoms with Gasteiger partial charge in [0, 0.05) is 9.13 Å². The molecule has 1 unspecified atom stereocenters. The van der Waals surface area contributed by atoms with Crippen molar-refractivity contribution in [3.8, 4) is 0 Å². The molecule has 0 aliphatic rings. The number of hydrogen-bond acceptors (Lipinski definition) is 1. The van der Waals surface area contributed by atoms with Crippen LogP contribution in [0.2, 0.25) is 0 Å². The summed E-state index contributed by atoms with van der Waals surface area (Å²) >= 11 is 2.21. The summed E-state index contributed by atoms with van der Waals surface area (Å²) in [6.07, 6.45) is 0. The van der Waals surface area contributed by atoms with Gasteiger partial charge in [-0.3, -0.25) is 0 Å².